The third-order valence-corrected chi connectivity index (χ3v) is 11.8. The van der Waals surface area contributed by atoms with E-state index in [-0.39, 0.29) is 35.3 Å². The maximum atomic E-state index is 2.31. The van der Waals surface area contributed by atoms with Crippen LogP contribution in [-0.2, 0) is 19.5 Å². The molecule has 0 atom stereocenters. The van der Waals surface area contributed by atoms with Crippen molar-refractivity contribution in [3.63, 3.8) is 0 Å². The second-order valence-corrected chi connectivity index (χ2v) is 14.1. The maximum Gasteiger partial charge on any atom is 0 e. The van der Waals surface area contributed by atoms with Crippen molar-refractivity contribution >= 4 is 37.1 Å². The molecular weight excluding hydrogens is 597 g/mol. The first-order valence-electron chi connectivity index (χ1n) is 14.0. The number of allylic oxidation sites excluding steroid dienone is 4. The summed E-state index contributed by atoms with van der Waals surface area (Å²) in [7, 11) is -0.566. The van der Waals surface area contributed by atoms with Gasteiger partial charge in [-0.3, -0.25) is 0 Å². The maximum absolute atomic E-state index is 2.31. The van der Waals surface area contributed by atoms with Crippen molar-refractivity contribution in [3.05, 3.63) is 146 Å². The van der Waals surface area contributed by atoms with Crippen LogP contribution in [0.5, 0.6) is 0 Å². The summed E-state index contributed by atoms with van der Waals surface area (Å²) >= 11 is 0. The standard InChI is InChI=1S/C28H28P2.C8H12.Rh/c1-5-15-25(16-6-1)29(26-17-7-2-8-18-26)23-13-14-24-30(27-19-9-3-10-20-27)28-21-11-4-12-22-28;1-2-4-6-8-7-5-3-1;/h1-12,15-22H,13-14,23-24H2;1-2,7-8H,3-6H2;/b;2-1-,8-7?;. The van der Waals surface area contributed by atoms with Crippen LogP contribution < -0.4 is 21.2 Å². The van der Waals surface area contributed by atoms with Gasteiger partial charge in [-0.1, -0.05) is 146 Å². The van der Waals surface area contributed by atoms with Crippen LogP contribution in [0.1, 0.15) is 38.5 Å². The van der Waals surface area contributed by atoms with E-state index in [2.05, 4.69) is 146 Å². The molecule has 0 saturated carbocycles. The zero-order chi connectivity index (χ0) is 26.1. The van der Waals surface area contributed by atoms with E-state index in [9.17, 15) is 0 Å². The van der Waals surface area contributed by atoms with Crippen LogP contribution in [-0.4, -0.2) is 12.3 Å². The molecule has 0 spiro atoms. The van der Waals surface area contributed by atoms with Crippen molar-refractivity contribution in [2.45, 2.75) is 38.5 Å². The van der Waals surface area contributed by atoms with Gasteiger partial charge < -0.3 is 0 Å². The van der Waals surface area contributed by atoms with Gasteiger partial charge in [0, 0.05) is 19.5 Å². The van der Waals surface area contributed by atoms with Crippen LogP contribution in [0.25, 0.3) is 0 Å². The Labute approximate surface area is 251 Å². The minimum atomic E-state index is -0.283. The molecule has 1 aliphatic carbocycles. The summed E-state index contributed by atoms with van der Waals surface area (Å²) in [6, 6.07) is 44.3. The first kappa shape index (κ1) is 31.4. The van der Waals surface area contributed by atoms with Crippen LogP contribution >= 0.6 is 15.8 Å². The first-order valence-corrected chi connectivity index (χ1v) is 17.0. The zero-order valence-electron chi connectivity index (χ0n) is 22.7. The molecule has 0 fully saturated rings. The van der Waals surface area contributed by atoms with Crippen molar-refractivity contribution in [1.82, 2.24) is 0 Å². The van der Waals surface area contributed by atoms with Crippen molar-refractivity contribution < 1.29 is 19.5 Å². The van der Waals surface area contributed by atoms with E-state index in [0.29, 0.717) is 0 Å². The van der Waals surface area contributed by atoms with Crippen LogP contribution in [0.4, 0.5) is 0 Å². The van der Waals surface area contributed by atoms with Gasteiger partial charge in [-0.25, -0.2) is 0 Å². The summed E-state index contributed by atoms with van der Waals surface area (Å²) in [5.41, 5.74) is 0. The van der Waals surface area contributed by atoms with Gasteiger partial charge in [0.25, 0.3) is 0 Å². The molecule has 0 saturated heterocycles. The van der Waals surface area contributed by atoms with Crippen molar-refractivity contribution in [3.8, 4) is 0 Å². The summed E-state index contributed by atoms with van der Waals surface area (Å²) in [5.74, 6) is 0. The molecule has 0 unspecified atom stereocenters. The molecule has 0 nitrogen and oxygen atoms in total. The Balaban J connectivity index is 0.000000402. The molecule has 0 heterocycles. The number of benzene rings is 4. The molecule has 39 heavy (non-hydrogen) atoms. The van der Waals surface area contributed by atoms with Crippen molar-refractivity contribution in [2.24, 2.45) is 0 Å². The van der Waals surface area contributed by atoms with Gasteiger partial charge in [0.2, 0.25) is 0 Å². The van der Waals surface area contributed by atoms with Gasteiger partial charge in [-0.05, 0) is 87.9 Å². The second-order valence-electron chi connectivity index (χ2n) is 9.45. The average Bonchev–Trinajstić information content (AvgIpc) is 2.97. The third kappa shape index (κ3) is 11.1. The number of unbranched alkanes of at least 4 members (excludes halogenated alkanes) is 1. The Morgan fingerprint density at radius 2 is 0.590 bits per heavy atom. The van der Waals surface area contributed by atoms with Crippen LogP contribution in [0, 0.1) is 0 Å². The fourth-order valence-corrected chi connectivity index (χ4v) is 9.48. The van der Waals surface area contributed by atoms with E-state index >= 15 is 0 Å². The molecule has 0 aromatic heterocycles. The fraction of sp³-hybridized carbons (Fsp3) is 0.222. The first-order chi connectivity index (χ1) is 18.9. The number of rotatable bonds is 9. The monoisotopic (exact) mass is 637 g/mol. The van der Waals surface area contributed by atoms with Crippen LogP contribution in [0.2, 0.25) is 0 Å². The van der Waals surface area contributed by atoms with E-state index in [0.717, 1.165) is 0 Å². The molecular formula is C36H40P2Rh. The number of hydrogen-bond acceptors (Lipinski definition) is 0. The predicted octanol–water partition coefficient (Wildman–Crippen LogP) is 8.70. The second kappa shape index (κ2) is 19.0. The zero-order valence-corrected chi connectivity index (χ0v) is 26.2. The molecule has 4 aromatic rings. The van der Waals surface area contributed by atoms with Crippen LogP contribution in [0.3, 0.4) is 0 Å². The quantitative estimate of drug-likeness (QED) is 0.0746. The van der Waals surface area contributed by atoms with Gasteiger partial charge in [0.05, 0.1) is 0 Å². The van der Waals surface area contributed by atoms with Gasteiger partial charge >= 0.3 is 0 Å². The van der Waals surface area contributed by atoms with E-state index in [1.54, 1.807) is 0 Å². The topological polar surface area (TPSA) is 0 Å². The Hall–Kier alpha value is -2.16. The summed E-state index contributed by atoms with van der Waals surface area (Å²) in [5, 5.41) is 5.97. The van der Waals surface area contributed by atoms with Gasteiger partial charge in [0.1, 0.15) is 0 Å². The van der Waals surface area contributed by atoms with E-state index in [1.165, 1.54) is 72.1 Å². The minimum Gasteiger partial charge on any atom is -0.0882 e. The smallest absolute Gasteiger partial charge is 0 e. The number of hydrogen-bond donors (Lipinski definition) is 0. The van der Waals surface area contributed by atoms with Crippen molar-refractivity contribution in [2.75, 3.05) is 12.3 Å². The average molecular weight is 638 g/mol. The summed E-state index contributed by atoms with van der Waals surface area (Å²) in [6.45, 7) is 0. The Kier molecular flexibility index (Phi) is 15.3. The molecule has 203 valence electrons. The Morgan fingerprint density at radius 3 is 0.821 bits per heavy atom. The molecule has 1 radical (unpaired) electrons. The van der Waals surface area contributed by atoms with E-state index in [1.807, 2.05) is 0 Å². The van der Waals surface area contributed by atoms with Crippen molar-refractivity contribution in [1.29, 1.82) is 0 Å². The SMILES string of the molecule is C1=CCC/C=C\CC1.[Rh].c1ccc(P(CCCCP(c2ccccc2)c2ccccc2)c2ccccc2)cc1. The predicted molar refractivity (Wildman–Crippen MR) is 174 cm³/mol. The van der Waals surface area contributed by atoms with Gasteiger partial charge in [0.15, 0.2) is 0 Å². The Bertz CT molecular complexity index is 1020. The third-order valence-electron chi connectivity index (χ3n) is 6.62. The molecule has 0 amide bonds. The van der Waals surface area contributed by atoms with Gasteiger partial charge in [-0.15, -0.1) is 0 Å². The minimum absolute atomic E-state index is 0. The summed E-state index contributed by atoms with van der Waals surface area (Å²) < 4.78 is 0. The fourth-order valence-electron chi connectivity index (χ4n) is 4.64. The molecule has 5 rings (SSSR count). The molecule has 4 aromatic carbocycles. The molecule has 0 bridgehead atoms. The van der Waals surface area contributed by atoms with E-state index < -0.39 is 0 Å². The molecule has 3 heteroatoms. The van der Waals surface area contributed by atoms with E-state index in [4.69, 9.17) is 0 Å². The molecule has 1 aliphatic rings. The Morgan fingerprint density at radius 1 is 0.359 bits per heavy atom. The largest absolute Gasteiger partial charge is 0.0882 e. The molecule has 0 aliphatic heterocycles. The van der Waals surface area contributed by atoms with Gasteiger partial charge in [-0.2, -0.15) is 0 Å². The summed E-state index contributed by atoms with van der Waals surface area (Å²) in [6.07, 6.45) is 19.1. The molecule has 0 N–H and O–H groups in total. The summed E-state index contributed by atoms with van der Waals surface area (Å²) in [4.78, 5) is 0. The van der Waals surface area contributed by atoms with Crippen LogP contribution in [0.15, 0.2) is 146 Å². The normalized spacial score (nSPS) is 13.5.